The van der Waals surface area contributed by atoms with Gasteiger partial charge in [-0.1, -0.05) is 12.1 Å². The van der Waals surface area contributed by atoms with E-state index in [1.54, 1.807) is 13.3 Å². The van der Waals surface area contributed by atoms with Crippen LogP contribution in [0.25, 0.3) is 0 Å². The number of benzene rings is 1. The molecular weight excluding hydrogens is 640 g/mol. The van der Waals surface area contributed by atoms with Crippen molar-refractivity contribution in [2.45, 2.75) is 64.7 Å². The normalized spacial score (nSPS) is 29.4. The fourth-order valence-electron chi connectivity index (χ4n) is 7.28. The molecule has 2 saturated carbocycles. The van der Waals surface area contributed by atoms with Crippen LogP contribution in [0.4, 0.5) is 5.13 Å². The summed E-state index contributed by atoms with van der Waals surface area (Å²) in [6.07, 6.45) is 7.62. The van der Waals surface area contributed by atoms with Crippen molar-refractivity contribution in [3.63, 3.8) is 0 Å². The first-order valence-corrected chi connectivity index (χ1v) is 16.3. The molecule has 2 fully saturated rings. The number of rotatable bonds is 7. The van der Waals surface area contributed by atoms with E-state index < -0.39 is 7.82 Å². The summed E-state index contributed by atoms with van der Waals surface area (Å²) in [5.41, 5.74) is 3.41. The first kappa shape index (κ1) is 28.0. The van der Waals surface area contributed by atoms with E-state index in [-0.39, 0.29) is 17.1 Å². The number of halogens is 1. The summed E-state index contributed by atoms with van der Waals surface area (Å²) < 4.78 is 17.1. The number of nitrogens with one attached hydrogen (secondary N) is 1. The van der Waals surface area contributed by atoms with Crippen LogP contribution in [0.15, 0.2) is 23.5 Å². The summed E-state index contributed by atoms with van der Waals surface area (Å²) in [4.78, 5) is 42.0. The second-order valence-corrected chi connectivity index (χ2v) is 14.5. The molecule has 0 aliphatic heterocycles. The van der Waals surface area contributed by atoms with Gasteiger partial charge in [0, 0.05) is 22.9 Å². The SMILES string of the molecule is CON=C1CC(CCC(=O)Nc2ncc(C)s2)C2C3CCc4cc(OP(=O)(O)O)c(I)cc4C3CC[C@]12C. The molecule has 1 aromatic carbocycles. The molecule has 1 amide bonds. The molecule has 1 aromatic heterocycles. The van der Waals surface area contributed by atoms with Crippen molar-refractivity contribution in [2.75, 3.05) is 12.4 Å². The maximum absolute atomic E-state index is 12.8. The van der Waals surface area contributed by atoms with Gasteiger partial charge in [-0.15, -0.1) is 11.3 Å². The van der Waals surface area contributed by atoms with E-state index in [0.717, 1.165) is 54.7 Å². The van der Waals surface area contributed by atoms with Gasteiger partial charge >= 0.3 is 7.82 Å². The lowest BCUT2D eigenvalue weighted by molar-refractivity contribution is -0.116. The molecule has 3 aliphatic carbocycles. The number of phosphoric ester groups is 1. The highest BCUT2D eigenvalue weighted by molar-refractivity contribution is 14.1. The van der Waals surface area contributed by atoms with Crippen molar-refractivity contribution >= 4 is 58.5 Å². The average molecular weight is 674 g/mol. The number of nitrogens with zero attached hydrogens (tertiary/aromatic N) is 2. The number of amides is 1. The van der Waals surface area contributed by atoms with Crippen molar-refractivity contribution in [1.82, 2.24) is 4.98 Å². The van der Waals surface area contributed by atoms with Crippen LogP contribution in [0.5, 0.6) is 5.75 Å². The van der Waals surface area contributed by atoms with Gasteiger partial charge in [0.1, 0.15) is 12.9 Å². The third-order valence-electron chi connectivity index (χ3n) is 8.68. The molecule has 3 aliphatic rings. The van der Waals surface area contributed by atoms with Gasteiger partial charge in [0.2, 0.25) is 5.91 Å². The van der Waals surface area contributed by atoms with Crippen LogP contribution in [-0.4, -0.2) is 33.5 Å². The Kier molecular flexibility index (Phi) is 7.96. The van der Waals surface area contributed by atoms with Crippen molar-refractivity contribution in [3.8, 4) is 5.75 Å². The Labute approximate surface area is 240 Å². The number of fused-ring (bicyclic) bond motifs is 5. The number of hydrogen-bond acceptors (Lipinski definition) is 7. The lowest BCUT2D eigenvalue weighted by Gasteiger charge is -2.50. The number of anilines is 1. The summed E-state index contributed by atoms with van der Waals surface area (Å²) in [6.45, 7) is 4.29. The zero-order valence-electron chi connectivity index (χ0n) is 21.6. The molecule has 0 radical (unpaired) electrons. The molecule has 0 bridgehead atoms. The maximum atomic E-state index is 12.8. The van der Waals surface area contributed by atoms with E-state index in [1.165, 1.54) is 16.9 Å². The molecule has 4 unspecified atom stereocenters. The fourth-order valence-corrected chi connectivity index (χ4v) is 9.14. The summed E-state index contributed by atoms with van der Waals surface area (Å²) in [5, 5.41) is 8.07. The van der Waals surface area contributed by atoms with Gasteiger partial charge in [0.05, 0.1) is 9.28 Å². The number of hydrogen-bond donors (Lipinski definition) is 3. The summed E-state index contributed by atoms with van der Waals surface area (Å²) in [5.74, 6) is 1.72. The highest BCUT2D eigenvalue weighted by Crippen LogP contribution is 2.63. The quantitative estimate of drug-likeness (QED) is 0.186. The average Bonchev–Trinajstić information content (AvgIpc) is 3.37. The zero-order chi connectivity index (χ0) is 27.2. The van der Waals surface area contributed by atoms with Gasteiger partial charge in [-0.05, 0) is 115 Å². The Morgan fingerprint density at radius 2 is 2.16 bits per heavy atom. The van der Waals surface area contributed by atoms with Crippen molar-refractivity contribution in [2.24, 2.45) is 28.3 Å². The predicted molar refractivity (Wildman–Crippen MR) is 154 cm³/mol. The molecule has 0 saturated heterocycles. The smallest absolute Gasteiger partial charge is 0.403 e. The third-order valence-corrected chi connectivity index (χ3v) is 10.8. The summed E-state index contributed by atoms with van der Waals surface area (Å²) in [7, 11) is -3.03. The van der Waals surface area contributed by atoms with E-state index in [0.29, 0.717) is 38.8 Å². The fraction of sp³-hybridized carbons (Fsp3) is 0.577. The summed E-state index contributed by atoms with van der Waals surface area (Å²) >= 11 is 3.58. The molecule has 38 heavy (non-hydrogen) atoms. The molecule has 1 heterocycles. The Hall–Kier alpha value is -1.53. The molecule has 5 rings (SSSR count). The Morgan fingerprint density at radius 3 is 2.84 bits per heavy atom. The number of carbonyl (C=O) groups is 1. The first-order chi connectivity index (χ1) is 18.0. The third kappa shape index (κ3) is 5.54. The lowest BCUT2D eigenvalue weighted by Crippen LogP contribution is -2.44. The highest BCUT2D eigenvalue weighted by atomic mass is 127. The van der Waals surface area contributed by atoms with Gasteiger partial charge in [-0.2, -0.15) is 0 Å². The highest BCUT2D eigenvalue weighted by Gasteiger charge is 2.57. The van der Waals surface area contributed by atoms with Crippen LogP contribution in [0.2, 0.25) is 0 Å². The molecule has 5 atom stereocenters. The molecule has 12 heteroatoms. The lowest BCUT2D eigenvalue weighted by atomic mass is 9.54. The minimum absolute atomic E-state index is 0.00771. The number of aryl methyl sites for hydroxylation is 2. The van der Waals surface area contributed by atoms with E-state index in [2.05, 4.69) is 51.0 Å². The van der Waals surface area contributed by atoms with Crippen LogP contribution in [0, 0.1) is 33.7 Å². The minimum atomic E-state index is -4.63. The van der Waals surface area contributed by atoms with E-state index in [4.69, 9.17) is 9.36 Å². The predicted octanol–water partition coefficient (Wildman–Crippen LogP) is 6.03. The standard InChI is InChI=1S/C26H33IN3O6PS/c1-14-13-28-25(38-14)29-23(31)7-5-16-11-22(30-35-3)26(2)9-8-17-18(24(16)26)6-4-15-10-21(36-37(32,33)34)20(27)12-19(15)17/h10,12-13,16-18,24H,4-9,11H2,1-3H3,(H,28,29,31)(H2,32,33,34)/t16?,17?,18?,24?,26-/m1/s1. The number of carbonyl (C=O) groups excluding carboxylic acids is 1. The van der Waals surface area contributed by atoms with Crippen LogP contribution in [-0.2, 0) is 20.6 Å². The second-order valence-electron chi connectivity index (χ2n) is 10.9. The number of phosphoric acid groups is 1. The van der Waals surface area contributed by atoms with Crippen molar-refractivity contribution in [3.05, 3.63) is 37.9 Å². The van der Waals surface area contributed by atoms with Crippen LogP contribution >= 0.6 is 41.8 Å². The Bertz CT molecular complexity index is 1310. The van der Waals surface area contributed by atoms with Gasteiger partial charge in [0.25, 0.3) is 0 Å². The zero-order valence-corrected chi connectivity index (χ0v) is 25.5. The van der Waals surface area contributed by atoms with Crippen LogP contribution < -0.4 is 9.84 Å². The van der Waals surface area contributed by atoms with Crippen LogP contribution in [0.1, 0.15) is 67.4 Å². The molecular formula is C26H33IN3O6PS. The number of thiazole rings is 1. The van der Waals surface area contributed by atoms with E-state index >= 15 is 0 Å². The van der Waals surface area contributed by atoms with Gasteiger partial charge < -0.3 is 14.7 Å². The molecule has 3 N–H and O–H groups in total. The van der Waals surface area contributed by atoms with Crippen molar-refractivity contribution < 1.29 is 28.5 Å². The van der Waals surface area contributed by atoms with Crippen molar-refractivity contribution in [1.29, 1.82) is 0 Å². The maximum Gasteiger partial charge on any atom is 0.524 e. The largest absolute Gasteiger partial charge is 0.524 e. The van der Waals surface area contributed by atoms with Crippen LogP contribution in [0.3, 0.4) is 0 Å². The Balaban J connectivity index is 1.39. The van der Waals surface area contributed by atoms with Gasteiger partial charge in [0.15, 0.2) is 5.13 Å². The second kappa shape index (κ2) is 10.8. The van der Waals surface area contributed by atoms with E-state index in [1.807, 2.05) is 13.0 Å². The summed E-state index contributed by atoms with van der Waals surface area (Å²) in [6, 6.07) is 3.87. The molecule has 9 nitrogen and oxygen atoms in total. The number of aromatic nitrogens is 1. The van der Waals surface area contributed by atoms with E-state index in [9.17, 15) is 19.1 Å². The molecule has 2 aromatic rings. The molecule has 206 valence electrons. The molecule has 0 spiro atoms. The first-order valence-electron chi connectivity index (χ1n) is 12.9. The Morgan fingerprint density at radius 1 is 1.37 bits per heavy atom. The van der Waals surface area contributed by atoms with Gasteiger partial charge in [-0.25, -0.2) is 9.55 Å². The van der Waals surface area contributed by atoms with Gasteiger partial charge in [-0.3, -0.25) is 14.6 Å². The topological polar surface area (TPSA) is 130 Å². The minimum Gasteiger partial charge on any atom is -0.403 e. The monoisotopic (exact) mass is 673 g/mol. The number of oxime groups is 1.